The lowest BCUT2D eigenvalue weighted by molar-refractivity contribution is 0.138. The number of hydrogen-bond acceptors (Lipinski definition) is 3. The van der Waals surface area contributed by atoms with Crippen molar-refractivity contribution in [2.75, 3.05) is 0 Å². The normalized spacial score (nSPS) is 16.6. The molecule has 17 heavy (non-hydrogen) atoms. The first-order valence-electron chi connectivity index (χ1n) is 5.41. The minimum absolute atomic E-state index is 0.0601. The molecule has 5 heteroatoms. The Morgan fingerprint density at radius 1 is 1.41 bits per heavy atom. The van der Waals surface area contributed by atoms with Crippen LogP contribution in [0.3, 0.4) is 0 Å². The molecule has 0 unspecified atom stereocenters. The average Bonchev–Trinajstić information content (AvgIpc) is 2.52. The van der Waals surface area contributed by atoms with Crippen LogP contribution in [0.2, 0.25) is 0 Å². The zero-order chi connectivity index (χ0) is 12.5. The minimum atomic E-state index is -0.164. The Bertz CT molecular complexity index is 487. The fourth-order valence-corrected chi connectivity index (χ4v) is 1.90. The van der Waals surface area contributed by atoms with E-state index in [1.807, 2.05) is 12.1 Å². The highest BCUT2D eigenvalue weighted by atomic mass is 16.5. The van der Waals surface area contributed by atoms with Crippen LogP contribution in [0.5, 0.6) is 5.75 Å². The maximum atomic E-state index is 5.88. The lowest BCUT2D eigenvalue weighted by atomic mass is 10.0. The molecule has 0 saturated heterocycles. The van der Waals surface area contributed by atoms with Gasteiger partial charge in [0.1, 0.15) is 11.4 Å². The average molecular weight is 232 g/mol. The molecular formula is C12H16N4O. The first kappa shape index (κ1) is 11.4. The first-order valence-corrected chi connectivity index (χ1v) is 5.41. The van der Waals surface area contributed by atoms with Crippen molar-refractivity contribution in [2.45, 2.75) is 25.9 Å². The molecule has 90 valence electrons. The summed E-state index contributed by atoms with van der Waals surface area (Å²) in [4.78, 5) is 0. The van der Waals surface area contributed by atoms with Crippen molar-refractivity contribution in [3.8, 4) is 5.75 Å². The molecule has 0 spiro atoms. The van der Waals surface area contributed by atoms with Crippen LogP contribution in [-0.2, 0) is 6.42 Å². The van der Waals surface area contributed by atoms with E-state index in [2.05, 4.69) is 30.1 Å². The highest BCUT2D eigenvalue weighted by Gasteiger charge is 2.31. The molecule has 0 radical (unpaired) electrons. The smallest absolute Gasteiger partial charge is 0.211 e. The van der Waals surface area contributed by atoms with Gasteiger partial charge in [-0.3, -0.25) is 0 Å². The fraction of sp³-hybridized carbons (Fsp3) is 0.333. The van der Waals surface area contributed by atoms with Crippen molar-refractivity contribution in [3.05, 3.63) is 29.3 Å². The van der Waals surface area contributed by atoms with Gasteiger partial charge in [0.2, 0.25) is 5.96 Å². The van der Waals surface area contributed by atoms with Gasteiger partial charge in [-0.05, 0) is 25.5 Å². The third-order valence-corrected chi connectivity index (χ3v) is 2.49. The quantitative estimate of drug-likeness (QED) is 0.453. The highest BCUT2D eigenvalue weighted by molar-refractivity contribution is 5.85. The summed E-state index contributed by atoms with van der Waals surface area (Å²) in [5.41, 5.74) is 12.3. The molecule has 1 aliphatic rings. The number of hydrogen-bond donors (Lipinski definition) is 2. The molecule has 5 nitrogen and oxygen atoms in total. The van der Waals surface area contributed by atoms with E-state index in [0.717, 1.165) is 17.7 Å². The second-order valence-corrected chi connectivity index (χ2v) is 4.64. The Morgan fingerprint density at radius 3 is 2.88 bits per heavy atom. The molecule has 1 aromatic carbocycles. The number of rotatable bonds is 2. The van der Waals surface area contributed by atoms with E-state index in [4.69, 9.17) is 16.2 Å². The maximum Gasteiger partial charge on any atom is 0.211 e. The van der Waals surface area contributed by atoms with Crippen molar-refractivity contribution >= 4 is 12.2 Å². The number of nitrogens with two attached hydrogens (primary N) is 2. The summed E-state index contributed by atoms with van der Waals surface area (Å²) >= 11 is 0. The molecule has 0 aliphatic carbocycles. The highest BCUT2D eigenvalue weighted by Crippen LogP contribution is 2.36. The zero-order valence-electron chi connectivity index (χ0n) is 9.97. The van der Waals surface area contributed by atoms with E-state index in [1.54, 1.807) is 6.21 Å². The van der Waals surface area contributed by atoms with Crippen LogP contribution in [0.4, 0.5) is 0 Å². The Kier molecular flexibility index (Phi) is 2.75. The summed E-state index contributed by atoms with van der Waals surface area (Å²) in [6.45, 7) is 4.12. The van der Waals surface area contributed by atoms with Gasteiger partial charge in [-0.2, -0.15) is 5.10 Å². The maximum absolute atomic E-state index is 5.88. The molecule has 0 fully saturated rings. The van der Waals surface area contributed by atoms with Crippen LogP contribution < -0.4 is 16.2 Å². The molecule has 0 bridgehead atoms. The number of fused-ring (bicyclic) bond motifs is 1. The monoisotopic (exact) mass is 232 g/mol. The molecule has 1 heterocycles. The van der Waals surface area contributed by atoms with Crippen molar-refractivity contribution in [1.29, 1.82) is 0 Å². The van der Waals surface area contributed by atoms with Crippen LogP contribution in [0.25, 0.3) is 0 Å². The van der Waals surface area contributed by atoms with Gasteiger partial charge in [0.15, 0.2) is 0 Å². The van der Waals surface area contributed by atoms with Gasteiger partial charge in [0, 0.05) is 12.0 Å². The van der Waals surface area contributed by atoms with Gasteiger partial charge in [-0.1, -0.05) is 12.1 Å². The predicted octanol–water partition coefficient (Wildman–Crippen LogP) is 1.01. The van der Waals surface area contributed by atoms with E-state index >= 15 is 0 Å². The van der Waals surface area contributed by atoms with E-state index in [-0.39, 0.29) is 11.6 Å². The first-order chi connectivity index (χ1) is 7.98. The lowest BCUT2D eigenvalue weighted by Gasteiger charge is -2.17. The van der Waals surface area contributed by atoms with E-state index in [1.165, 1.54) is 5.56 Å². The van der Waals surface area contributed by atoms with E-state index in [0.29, 0.717) is 0 Å². The SMILES string of the molecule is CC1(C)Cc2cccc(C=NN=C(N)N)c2O1. The molecular weight excluding hydrogens is 216 g/mol. The Morgan fingerprint density at radius 2 is 2.18 bits per heavy atom. The third-order valence-electron chi connectivity index (χ3n) is 2.49. The number of benzene rings is 1. The molecule has 1 aromatic rings. The Balaban J connectivity index is 2.30. The summed E-state index contributed by atoms with van der Waals surface area (Å²) in [7, 11) is 0. The standard InChI is InChI=1S/C12H16N4O/c1-12(2)6-8-4-3-5-9(10(8)17-12)7-15-16-11(13)14/h3-5,7H,6H2,1-2H3,(H4,13,14,16). The molecule has 2 rings (SSSR count). The zero-order valence-corrected chi connectivity index (χ0v) is 9.97. The summed E-state index contributed by atoms with van der Waals surface area (Å²) in [5.74, 6) is 0.808. The van der Waals surface area contributed by atoms with Crippen molar-refractivity contribution in [3.63, 3.8) is 0 Å². The third kappa shape index (κ3) is 2.55. The summed E-state index contributed by atoms with van der Waals surface area (Å²) < 4.78 is 5.88. The van der Waals surface area contributed by atoms with Gasteiger partial charge in [-0.15, -0.1) is 5.10 Å². The molecule has 0 amide bonds. The number of ether oxygens (including phenoxy) is 1. The Labute approximate surface area is 100 Å². The van der Waals surface area contributed by atoms with Crippen LogP contribution in [0.1, 0.15) is 25.0 Å². The topological polar surface area (TPSA) is 86.0 Å². The molecule has 0 saturated carbocycles. The van der Waals surface area contributed by atoms with Crippen molar-refractivity contribution < 1.29 is 4.74 Å². The summed E-state index contributed by atoms with van der Waals surface area (Å²) in [5, 5.41) is 7.37. The van der Waals surface area contributed by atoms with Crippen LogP contribution in [0.15, 0.2) is 28.4 Å². The van der Waals surface area contributed by atoms with Crippen LogP contribution >= 0.6 is 0 Å². The van der Waals surface area contributed by atoms with Gasteiger partial charge < -0.3 is 16.2 Å². The van der Waals surface area contributed by atoms with E-state index < -0.39 is 0 Å². The summed E-state index contributed by atoms with van der Waals surface area (Å²) in [6, 6.07) is 5.95. The van der Waals surface area contributed by atoms with Crippen LogP contribution in [-0.4, -0.2) is 17.8 Å². The lowest BCUT2D eigenvalue weighted by Crippen LogP contribution is -2.24. The van der Waals surface area contributed by atoms with Gasteiger partial charge >= 0.3 is 0 Å². The largest absolute Gasteiger partial charge is 0.487 e. The number of para-hydroxylation sites is 1. The van der Waals surface area contributed by atoms with E-state index in [9.17, 15) is 0 Å². The van der Waals surface area contributed by atoms with Crippen LogP contribution in [0, 0.1) is 0 Å². The minimum Gasteiger partial charge on any atom is -0.487 e. The van der Waals surface area contributed by atoms with Gasteiger partial charge in [0.25, 0.3) is 0 Å². The molecule has 1 aliphatic heterocycles. The number of nitrogens with zero attached hydrogens (tertiary/aromatic N) is 2. The summed E-state index contributed by atoms with van der Waals surface area (Å²) in [6.07, 6.45) is 2.49. The Hall–Kier alpha value is -2.04. The predicted molar refractivity (Wildman–Crippen MR) is 68.3 cm³/mol. The van der Waals surface area contributed by atoms with Gasteiger partial charge in [-0.25, -0.2) is 0 Å². The van der Waals surface area contributed by atoms with Crippen molar-refractivity contribution in [1.82, 2.24) is 0 Å². The van der Waals surface area contributed by atoms with Gasteiger partial charge in [0.05, 0.1) is 6.21 Å². The number of guanidine groups is 1. The second kappa shape index (κ2) is 4.08. The molecule has 0 atom stereocenters. The second-order valence-electron chi connectivity index (χ2n) is 4.64. The molecule has 4 N–H and O–H groups in total. The van der Waals surface area contributed by atoms with Crippen molar-refractivity contribution in [2.24, 2.45) is 21.7 Å². The fourth-order valence-electron chi connectivity index (χ4n) is 1.90. The molecule has 0 aromatic heterocycles.